The highest BCUT2D eigenvalue weighted by molar-refractivity contribution is 5.75. The molecular formula is C14H18O6. The second-order valence-electron chi connectivity index (χ2n) is 4.83. The number of esters is 1. The molecule has 0 bridgehead atoms. The van der Waals surface area contributed by atoms with E-state index in [1.54, 1.807) is 12.1 Å². The fraction of sp³-hybridized carbons (Fsp3) is 0.500. The van der Waals surface area contributed by atoms with E-state index in [4.69, 9.17) is 9.47 Å². The SMILES string of the molecule is CC1O[C@H](C(=O)OCc2ccccc2)C(O)[C@@H](O)[C@@H]1O. The van der Waals surface area contributed by atoms with E-state index < -0.39 is 36.5 Å². The smallest absolute Gasteiger partial charge is 0.338 e. The second kappa shape index (κ2) is 6.32. The molecule has 1 fully saturated rings. The number of benzene rings is 1. The lowest BCUT2D eigenvalue weighted by atomic mass is 9.96. The molecule has 3 N–H and O–H groups in total. The van der Waals surface area contributed by atoms with Gasteiger partial charge in [-0.1, -0.05) is 30.3 Å². The molecule has 110 valence electrons. The van der Waals surface area contributed by atoms with Crippen LogP contribution in [-0.2, 0) is 20.9 Å². The van der Waals surface area contributed by atoms with Gasteiger partial charge in [-0.25, -0.2) is 4.79 Å². The molecule has 6 nitrogen and oxygen atoms in total. The second-order valence-corrected chi connectivity index (χ2v) is 4.83. The van der Waals surface area contributed by atoms with E-state index >= 15 is 0 Å². The number of aliphatic hydroxyl groups excluding tert-OH is 3. The quantitative estimate of drug-likeness (QED) is 0.653. The van der Waals surface area contributed by atoms with E-state index in [9.17, 15) is 20.1 Å². The van der Waals surface area contributed by atoms with Gasteiger partial charge in [0.2, 0.25) is 0 Å². The lowest BCUT2D eigenvalue weighted by Gasteiger charge is -2.37. The third-order valence-electron chi connectivity index (χ3n) is 3.31. The number of hydrogen-bond acceptors (Lipinski definition) is 6. The molecule has 6 heteroatoms. The van der Waals surface area contributed by atoms with E-state index in [0.29, 0.717) is 0 Å². The number of aliphatic hydroxyl groups is 3. The first-order chi connectivity index (χ1) is 9.50. The van der Waals surface area contributed by atoms with Gasteiger partial charge in [0.1, 0.15) is 24.9 Å². The van der Waals surface area contributed by atoms with Crippen LogP contribution >= 0.6 is 0 Å². The highest BCUT2D eigenvalue weighted by Gasteiger charge is 2.45. The lowest BCUT2D eigenvalue weighted by Crippen LogP contribution is -2.59. The van der Waals surface area contributed by atoms with Crippen molar-refractivity contribution < 1.29 is 29.6 Å². The fourth-order valence-electron chi connectivity index (χ4n) is 2.06. The standard InChI is InChI=1S/C14H18O6/c1-8-10(15)11(16)12(17)13(20-8)14(18)19-7-9-5-3-2-4-6-9/h2-6,8,10-13,15-17H,7H2,1H3/t8?,10-,11+,12?,13+/m1/s1. The zero-order valence-corrected chi connectivity index (χ0v) is 11.0. The van der Waals surface area contributed by atoms with Crippen molar-refractivity contribution in [1.29, 1.82) is 0 Å². The molecular weight excluding hydrogens is 264 g/mol. The predicted octanol–water partition coefficient (Wildman–Crippen LogP) is -0.400. The van der Waals surface area contributed by atoms with Crippen molar-refractivity contribution in [3.63, 3.8) is 0 Å². The van der Waals surface area contributed by atoms with Crippen LogP contribution in [0.1, 0.15) is 12.5 Å². The number of ether oxygens (including phenoxy) is 2. The average Bonchev–Trinajstić information content (AvgIpc) is 2.47. The van der Waals surface area contributed by atoms with Crippen LogP contribution in [-0.4, -0.2) is 51.8 Å². The van der Waals surface area contributed by atoms with Crippen molar-refractivity contribution in [3.05, 3.63) is 35.9 Å². The maximum Gasteiger partial charge on any atom is 0.338 e. The Hall–Kier alpha value is -1.47. The first kappa shape index (κ1) is 14.9. The molecule has 0 saturated carbocycles. The van der Waals surface area contributed by atoms with Gasteiger partial charge < -0.3 is 24.8 Å². The minimum absolute atomic E-state index is 0.0548. The highest BCUT2D eigenvalue weighted by atomic mass is 16.6. The summed E-state index contributed by atoms with van der Waals surface area (Å²) < 4.78 is 10.3. The van der Waals surface area contributed by atoms with Crippen LogP contribution in [0.3, 0.4) is 0 Å². The largest absolute Gasteiger partial charge is 0.459 e. The van der Waals surface area contributed by atoms with Gasteiger partial charge in [-0.15, -0.1) is 0 Å². The minimum Gasteiger partial charge on any atom is -0.459 e. The van der Waals surface area contributed by atoms with E-state index in [-0.39, 0.29) is 6.61 Å². The summed E-state index contributed by atoms with van der Waals surface area (Å²) in [5, 5.41) is 28.9. The highest BCUT2D eigenvalue weighted by Crippen LogP contribution is 2.22. The molecule has 1 heterocycles. The lowest BCUT2D eigenvalue weighted by molar-refractivity contribution is -0.227. The Morgan fingerprint density at radius 3 is 2.45 bits per heavy atom. The molecule has 1 aliphatic rings. The number of carbonyl (C=O) groups excluding carboxylic acids is 1. The van der Waals surface area contributed by atoms with Gasteiger partial charge in [0, 0.05) is 0 Å². The van der Waals surface area contributed by atoms with Crippen LogP contribution in [0.2, 0.25) is 0 Å². The Kier molecular flexibility index (Phi) is 4.72. The van der Waals surface area contributed by atoms with Crippen molar-refractivity contribution in [2.75, 3.05) is 0 Å². The summed E-state index contributed by atoms with van der Waals surface area (Å²) in [6.07, 6.45) is -6.24. The Morgan fingerprint density at radius 1 is 1.15 bits per heavy atom. The van der Waals surface area contributed by atoms with Crippen LogP contribution in [0.15, 0.2) is 30.3 Å². The zero-order valence-electron chi connectivity index (χ0n) is 11.0. The summed E-state index contributed by atoms with van der Waals surface area (Å²) in [5.41, 5.74) is 0.805. The van der Waals surface area contributed by atoms with Crippen LogP contribution in [0.25, 0.3) is 0 Å². The summed E-state index contributed by atoms with van der Waals surface area (Å²) in [7, 11) is 0. The topological polar surface area (TPSA) is 96.2 Å². The number of carbonyl (C=O) groups is 1. The molecule has 1 aromatic carbocycles. The van der Waals surface area contributed by atoms with Gasteiger partial charge in [0.15, 0.2) is 6.10 Å². The molecule has 0 spiro atoms. The average molecular weight is 282 g/mol. The molecule has 0 aromatic heterocycles. The van der Waals surface area contributed by atoms with E-state index in [1.807, 2.05) is 18.2 Å². The first-order valence-corrected chi connectivity index (χ1v) is 6.41. The molecule has 1 saturated heterocycles. The Morgan fingerprint density at radius 2 is 1.80 bits per heavy atom. The molecule has 2 unspecified atom stereocenters. The van der Waals surface area contributed by atoms with Gasteiger partial charge >= 0.3 is 5.97 Å². The van der Waals surface area contributed by atoms with Crippen molar-refractivity contribution in [2.45, 2.75) is 44.1 Å². The summed E-state index contributed by atoms with van der Waals surface area (Å²) in [6.45, 7) is 1.57. The van der Waals surface area contributed by atoms with Crippen molar-refractivity contribution >= 4 is 5.97 Å². The van der Waals surface area contributed by atoms with Crippen LogP contribution in [0, 0.1) is 0 Å². The van der Waals surface area contributed by atoms with Gasteiger partial charge in [-0.2, -0.15) is 0 Å². The van der Waals surface area contributed by atoms with E-state index in [0.717, 1.165) is 5.56 Å². The van der Waals surface area contributed by atoms with Crippen molar-refractivity contribution in [3.8, 4) is 0 Å². The van der Waals surface area contributed by atoms with Crippen LogP contribution in [0.5, 0.6) is 0 Å². The monoisotopic (exact) mass is 282 g/mol. The van der Waals surface area contributed by atoms with E-state index in [1.165, 1.54) is 6.92 Å². The summed E-state index contributed by atoms with van der Waals surface area (Å²) in [6, 6.07) is 9.08. The van der Waals surface area contributed by atoms with Gasteiger partial charge in [-0.05, 0) is 12.5 Å². The Bertz CT molecular complexity index is 448. The van der Waals surface area contributed by atoms with Crippen molar-refractivity contribution in [2.24, 2.45) is 0 Å². The maximum absolute atomic E-state index is 11.9. The zero-order chi connectivity index (χ0) is 14.7. The fourth-order valence-corrected chi connectivity index (χ4v) is 2.06. The molecule has 1 aromatic rings. The molecule has 0 amide bonds. The Labute approximate surface area is 116 Å². The molecule has 2 rings (SSSR count). The van der Waals surface area contributed by atoms with Crippen molar-refractivity contribution in [1.82, 2.24) is 0 Å². The van der Waals surface area contributed by atoms with Gasteiger partial charge in [0.25, 0.3) is 0 Å². The first-order valence-electron chi connectivity index (χ1n) is 6.41. The predicted molar refractivity (Wildman–Crippen MR) is 68.6 cm³/mol. The van der Waals surface area contributed by atoms with Gasteiger partial charge in [0.05, 0.1) is 6.10 Å². The molecule has 5 atom stereocenters. The summed E-state index contributed by atoms with van der Waals surface area (Å²) >= 11 is 0. The number of hydrogen-bond donors (Lipinski definition) is 3. The Balaban J connectivity index is 1.95. The minimum atomic E-state index is -1.51. The molecule has 0 radical (unpaired) electrons. The molecule has 1 aliphatic heterocycles. The molecule has 0 aliphatic carbocycles. The normalized spacial score (nSPS) is 33.7. The van der Waals surface area contributed by atoms with E-state index in [2.05, 4.69) is 0 Å². The molecule has 20 heavy (non-hydrogen) atoms. The maximum atomic E-state index is 11.9. The third-order valence-corrected chi connectivity index (χ3v) is 3.31. The van der Waals surface area contributed by atoms with Crippen LogP contribution < -0.4 is 0 Å². The van der Waals surface area contributed by atoms with Crippen LogP contribution in [0.4, 0.5) is 0 Å². The summed E-state index contributed by atoms with van der Waals surface area (Å²) in [4.78, 5) is 11.9. The van der Waals surface area contributed by atoms with Gasteiger partial charge in [-0.3, -0.25) is 0 Å². The number of rotatable bonds is 3. The third kappa shape index (κ3) is 3.16. The summed E-state index contributed by atoms with van der Waals surface area (Å²) in [5.74, 6) is -0.765.